The SMILES string of the molecule is COc1cc(/C=N/NC(=O)CN2CCOCC2)ccc1OCC(=O)Nc1cccc([N+](=O)[O-])c1. The third-order valence-corrected chi connectivity index (χ3v) is 4.76. The molecule has 2 N–H and O–H groups in total. The maximum absolute atomic E-state index is 12.2. The molecule has 1 aliphatic heterocycles. The van der Waals surface area contributed by atoms with Crippen LogP contribution in [0.2, 0.25) is 0 Å². The molecule has 0 unspecified atom stereocenters. The molecule has 180 valence electrons. The van der Waals surface area contributed by atoms with E-state index in [1.54, 1.807) is 24.3 Å². The van der Waals surface area contributed by atoms with Crippen LogP contribution in [0.15, 0.2) is 47.6 Å². The Morgan fingerprint density at radius 1 is 1.18 bits per heavy atom. The van der Waals surface area contributed by atoms with Crippen molar-refractivity contribution in [3.05, 3.63) is 58.1 Å². The Hall–Kier alpha value is -4.03. The number of nitrogens with one attached hydrogen (secondary N) is 2. The molecule has 2 aromatic carbocycles. The van der Waals surface area contributed by atoms with Crippen molar-refractivity contribution in [2.24, 2.45) is 5.10 Å². The average Bonchev–Trinajstić information content (AvgIpc) is 2.83. The fraction of sp³-hybridized carbons (Fsp3) is 0.318. The van der Waals surface area contributed by atoms with Crippen LogP contribution in [0.4, 0.5) is 11.4 Å². The Morgan fingerprint density at radius 3 is 2.71 bits per heavy atom. The van der Waals surface area contributed by atoms with Crippen LogP contribution in [0.25, 0.3) is 0 Å². The number of non-ortho nitro benzene ring substituents is 1. The number of morpholine rings is 1. The van der Waals surface area contributed by atoms with Crippen molar-refractivity contribution in [3.63, 3.8) is 0 Å². The first-order chi connectivity index (χ1) is 16.4. The van der Waals surface area contributed by atoms with E-state index in [2.05, 4.69) is 15.8 Å². The Morgan fingerprint density at radius 2 is 1.97 bits per heavy atom. The normalized spacial score (nSPS) is 13.9. The van der Waals surface area contributed by atoms with Gasteiger partial charge in [-0.1, -0.05) is 6.07 Å². The monoisotopic (exact) mass is 471 g/mol. The molecule has 0 saturated carbocycles. The molecule has 0 radical (unpaired) electrons. The fourth-order valence-corrected chi connectivity index (χ4v) is 3.10. The van der Waals surface area contributed by atoms with Crippen molar-refractivity contribution in [3.8, 4) is 11.5 Å². The first-order valence-electron chi connectivity index (χ1n) is 10.4. The van der Waals surface area contributed by atoms with E-state index >= 15 is 0 Å². The highest BCUT2D eigenvalue weighted by atomic mass is 16.6. The standard InChI is InChI=1S/C22H25N5O7/c1-32-20-11-16(13-23-25-21(28)14-26-7-9-33-10-8-26)5-6-19(20)34-15-22(29)24-17-3-2-4-18(12-17)27(30)31/h2-6,11-13H,7-10,14-15H2,1H3,(H,24,29)(H,25,28)/b23-13+. The summed E-state index contributed by atoms with van der Waals surface area (Å²) < 4.78 is 16.1. The second kappa shape index (κ2) is 12.3. The number of benzene rings is 2. The predicted molar refractivity (Wildman–Crippen MR) is 123 cm³/mol. The molecule has 12 nitrogen and oxygen atoms in total. The predicted octanol–water partition coefficient (Wildman–Crippen LogP) is 1.40. The minimum Gasteiger partial charge on any atom is -0.493 e. The molecule has 0 aliphatic carbocycles. The van der Waals surface area contributed by atoms with Gasteiger partial charge in [0.15, 0.2) is 18.1 Å². The number of carbonyl (C=O) groups is 2. The van der Waals surface area contributed by atoms with Crippen molar-refractivity contribution < 1.29 is 28.7 Å². The van der Waals surface area contributed by atoms with E-state index in [9.17, 15) is 19.7 Å². The van der Waals surface area contributed by atoms with E-state index in [-0.39, 0.29) is 30.4 Å². The van der Waals surface area contributed by atoms with Gasteiger partial charge in [0.2, 0.25) is 0 Å². The third-order valence-electron chi connectivity index (χ3n) is 4.76. The minimum absolute atomic E-state index is 0.130. The molecule has 1 aliphatic rings. The summed E-state index contributed by atoms with van der Waals surface area (Å²) in [6.45, 7) is 2.56. The lowest BCUT2D eigenvalue weighted by molar-refractivity contribution is -0.384. The number of hydrazone groups is 1. The van der Waals surface area contributed by atoms with Gasteiger partial charge in [0.1, 0.15) is 0 Å². The smallest absolute Gasteiger partial charge is 0.271 e. The average molecular weight is 471 g/mol. The molecular formula is C22H25N5O7. The summed E-state index contributed by atoms with van der Waals surface area (Å²) in [7, 11) is 1.45. The molecule has 34 heavy (non-hydrogen) atoms. The number of hydrogen-bond donors (Lipinski definition) is 2. The van der Waals surface area contributed by atoms with Crippen molar-refractivity contribution in [1.82, 2.24) is 10.3 Å². The Bertz CT molecular complexity index is 1050. The molecule has 2 aromatic rings. The van der Waals surface area contributed by atoms with Crippen LogP contribution in [0, 0.1) is 10.1 Å². The topological polar surface area (TPSA) is 145 Å². The lowest BCUT2D eigenvalue weighted by atomic mass is 10.2. The summed E-state index contributed by atoms with van der Waals surface area (Å²) >= 11 is 0. The van der Waals surface area contributed by atoms with Crippen molar-refractivity contribution in [2.45, 2.75) is 0 Å². The Labute approximate surface area is 195 Å². The van der Waals surface area contributed by atoms with Gasteiger partial charge in [-0.3, -0.25) is 24.6 Å². The number of amides is 2. The molecule has 3 rings (SSSR count). The molecule has 1 fully saturated rings. The third kappa shape index (κ3) is 7.53. The first-order valence-corrected chi connectivity index (χ1v) is 10.4. The van der Waals surface area contributed by atoms with Crippen molar-refractivity contribution in [2.75, 3.05) is 51.9 Å². The van der Waals surface area contributed by atoms with Gasteiger partial charge in [-0.2, -0.15) is 5.10 Å². The van der Waals surface area contributed by atoms with Crippen LogP contribution < -0.4 is 20.2 Å². The van der Waals surface area contributed by atoms with E-state index < -0.39 is 10.8 Å². The largest absolute Gasteiger partial charge is 0.493 e. The van der Waals surface area contributed by atoms with Crippen LogP contribution in [-0.4, -0.2) is 74.4 Å². The lowest BCUT2D eigenvalue weighted by Gasteiger charge is -2.25. The zero-order valence-electron chi connectivity index (χ0n) is 18.6. The summed E-state index contributed by atoms with van der Waals surface area (Å²) in [4.78, 5) is 36.4. The van der Waals surface area contributed by atoms with Gasteiger partial charge < -0.3 is 19.5 Å². The number of rotatable bonds is 10. The number of ether oxygens (including phenoxy) is 3. The molecule has 0 spiro atoms. The molecule has 0 bridgehead atoms. The number of hydrogen-bond acceptors (Lipinski definition) is 9. The Balaban J connectivity index is 1.50. The second-order valence-corrected chi connectivity index (χ2v) is 7.24. The molecule has 1 saturated heterocycles. The molecule has 1 heterocycles. The molecule has 12 heteroatoms. The highest BCUT2D eigenvalue weighted by molar-refractivity contribution is 5.92. The highest BCUT2D eigenvalue weighted by Gasteiger charge is 2.14. The van der Waals surface area contributed by atoms with E-state index in [0.717, 1.165) is 0 Å². The Kier molecular flexibility index (Phi) is 8.88. The maximum Gasteiger partial charge on any atom is 0.271 e. The second-order valence-electron chi connectivity index (χ2n) is 7.24. The molecule has 0 atom stereocenters. The van der Waals surface area contributed by atoms with Crippen LogP contribution in [0.1, 0.15) is 5.56 Å². The van der Waals surface area contributed by atoms with Crippen LogP contribution >= 0.6 is 0 Å². The van der Waals surface area contributed by atoms with Gasteiger partial charge in [0.05, 0.1) is 38.0 Å². The number of anilines is 1. The molecular weight excluding hydrogens is 446 g/mol. The first kappa shape index (κ1) is 24.6. The number of nitro benzene ring substituents is 1. The zero-order chi connectivity index (χ0) is 24.3. The van der Waals surface area contributed by atoms with Gasteiger partial charge in [0.25, 0.3) is 17.5 Å². The van der Waals surface area contributed by atoms with Crippen LogP contribution in [0.5, 0.6) is 11.5 Å². The number of carbonyl (C=O) groups excluding carboxylic acids is 2. The minimum atomic E-state index is -0.544. The molecule has 0 aromatic heterocycles. The molecule has 2 amide bonds. The van der Waals surface area contributed by atoms with Crippen LogP contribution in [0.3, 0.4) is 0 Å². The van der Waals surface area contributed by atoms with Gasteiger partial charge in [-0.15, -0.1) is 0 Å². The summed E-state index contributed by atoms with van der Waals surface area (Å²) in [5.41, 5.74) is 3.29. The summed E-state index contributed by atoms with van der Waals surface area (Å²) in [5, 5.41) is 17.4. The van der Waals surface area contributed by atoms with Gasteiger partial charge in [0, 0.05) is 30.9 Å². The number of methoxy groups -OCH3 is 1. The van der Waals surface area contributed by atoms with E-state index in [1.165, 1.54) is 31.5 Å². The van der Waals surface area contributed by atoms with Gasteiger partial charge in [-0.05, 0) is 29.8 Å². The summed E-state index contributed by atoms with van der Waals surface area (Å²) in [5.74, 6) is -0.0204. The maximum atomic E-state index is 12.2. The van der Waals surface area contributed by atoms with Gasteiger partial charge >= 0.3 is 0 Å². The summed E-state index contributed by atoms with van der Waals surface area (Å²) in [6.07, 6.45) is 1.47. The van der Waals surface area contributed by atoms with E-state index in [4.69, 9.17) is 14.2 Å². The zero-order valence-corrected chi connectivity index (χ0v) is 18.6. The quantitative estimate of drug-likeness (QED) is 0.301. The van der Waals surface area contributed by atoms with Gasteiger partial charge in [-0.25, -0.2) is 5.43 Å². The fourth-order valence-electron chi connectivity index (χ4n) is 3.10. The van der Waals surface area contributed by atoms with E-state index in [0.29, 0.717) is 43.4 Å². The van der Waals surface area contributed by atoms with Crippen LogP contribution in [-0.2, 0) is 14.3 Å². The lowest BCUT2D eigenvalue weighted by Crippen LogP contribution is -2.42. The van der Waals surface area contributed by atoms with Crippen molar-refractivity contribution >= 4 is 29.4 Å². The number of nitro groups is 1. The van der Waals surface area contributed by atoms with Crippen molar-refractivity contribution in [1.29, 1.82) is 0 Å². The number of nitrogens with zero attached hydrogens (tertiary/aromatic N) is 3. The summed E-state index contributed by atoms with van der Waals surface area (Å²) in [6, 6.07) is 10.5. The highest BCUT2D eigenvalue weighted by Crippen LogP contribution is 2.27. The van der Waals surface area contributed by atoms with E-state index in [1.807, 2.05) is 4.90 Å².